The van der Waals surface area contributed by atoms with Crippen LogP contribution in [0, 0.1) is 5.82 Å². The molecule has 0 radical (unpaired) electrons. The lowest BCUT2D eigenvalue weighted by Crippen LogP contribution is -2.54. The van der Waals surface area contributed by atoms with Crippen LogP contribution in [0.1, 0.15) is 16.7 Å². The summed E-state index contributed by atoms with van der Waals surface area (Å²) in [6.07, 6.45) is 1.46. The van der Waals surface area contributed by atoms with Gasteiger partial charge in [-0.15, -0.1) is 0 Å². The van der Waals surface area contributed by atoms with Gasteiger partial charge in [0.1, 0.15) is 17.1 Å². The normalized spacial score (nSPS) is 14.9. The standard InChI is InChI=1S/C25H16Cl3FN2O4/c1-35-22-10-13(9-19(27)16(22)11-14-4-2-3-5-21(14)29)8-17-23(32)30-25(34)31(24(17)33)15-6-7-18(26)20(28)12-15/h2-10,12H,11H2,1H3,(H,30,32,34)/b17-8+. The summed E-state index contributed by atoms with van der Waals surface area (Å²) in [5.74, 6) is -1.77. The number of barbiturate groups is 1. The topological polar surface area (TPSA) is 75.7 Å². The van der Waals surface area contributed by atoms with E-state index in [0.717, 1.165) is 4.90 Å². The van der Waals surface area contributed by atoms with Crippen molar-refractivity contribution in [3.05, 3.63) is 97.7 Å². The largest absolute Gasteiger partial charge is 0.496 e. The van der Waals surface area contributed by atoms with Gasteiger partial charge in [-0.1, -0.05) is 53.0 Å². The van der Waals surface area contributed by atoms with Gasteiger partial charge >= 0.3 is 6.03 Å². The third-order valence-corrected chi connectivity index (χ3v) is 6.37. The van der Waals surface area contributed by atoms with Crippen molar-refractivity contribution in [2.45, 2.75) is 6.42 Å². The molecule has 0 atom stereocenters. The maximum absolute atomic E-state index is 14.1. The summed E-state index contributed by atoms with van der Waals surface area (Å²) in [4.78, 5) is 38.8. The molecule has 1 saturated heterocycles. The van der Waals surface area contributed by atoms with Crippen molar-refractivity contribution in [1.29, 1.82) is 0 Å². The SMILES string of the molecule is COc1cc(/C=C2\C(=O)NC(=O)N(c3ccc(Cl)c(Cl)c3)C2=O)cc(Cl)c1Cc1ccccc1F. The molecule has 0 bridgehead atoms. The summed E-state index contributed by atoms with van der Waals surface area (Å²) in [7, 11) is 1.43. The van der Waals surface area contributed by atoms with E-state index >= 15 is 0 Å². The van der Waals surface area contributed by atoms with Crippen LogP contribution in [0.3, 0.4) is 0 Å². The molecule has 0 aliphatic carbocycles. The molecular formula is C25H16Cl3FN2O4. The quantitative estimate of drug-likeness (QED) is 0.320. The zero-order valence-electron chi connectivity index (χ0n) is 18.1. The first-order valence-electron chi connectivity index (χ1n) is 10.2. The molecule has 1 aliphatic rings. The van der Waals surface area contributed by atoms with E-state index in [1.807, 2.05) is 0 Å². The number of methoxy groups -OCH3 is 1. The lowest BCUT2D eigenvalue weighted by atomic mass is 10.00. The molecule has 1 aliphatic heterocycles. The van der Waals surface area contributed by atoms with Crippen LogP contribution in [0.25, 0.3) is 6.08 Å². The number of hydrogen-bond donors (Lipinski definition) is 1. The molecule has 0 aromatic heterocycles. The molecular weight excluding hydrogens is 518 g/mol. The van der Waals surface area contributed by atoms with Gasteiger partial charge in [-0.25, -0.2) is 14.1 Å². The maximum Gasteiger partial charge on any atom is 0.335 e. The monoisotopic (exact) mass is 532 g/mol. The van der Waals surface area contributed by atoms with Crippen LogP contribution in [-0.4, -0.2) is 25.0 Å². The zero-order chi connectivity index (χ0) is 25.3. The number of amides is 4. The highest BCUT2D eigenvalue weighted by molar-refractivity contribution is 6.43. The van der Waals surface area contributed by atoms with Gasteiger partial charge in [-0.2, -0.15) is 0 Å². The number of benzene rings is 3. The molecule has 1 heterocycles. The Morgan fingerprint density at radius 3 is 2.40 bits per heavy atom. The molecule has 4 amide bonds. The van der Waals surface area contributed by atoms with E-state index < -0.39 is 17.8 Å². The molecule has 10 heteroatoms. The van der Waals surface area contributed by atoms with Crippen molar-refractivity contribution in [2.75, 3.05) is 12.0 Å². The summed E-state index contributed by atoms with van der Waals surface area (Å²) in [6, 6.07) is 12.6. The summed E-state index contributed by atoms with van der Waals surface area (Å²) in [5, 5.41) is 2.76. The van der Waals surface area contributed by atoms with Crippen molar-refractivity contribution in [3.63, 3.8) is 0 Å². The molecule has 0 unspecified atom stereocenters. The van der Waals surface area contributed by atoms with Gasteiger partial charge in [0.2, 0.25) is 0 Å². The molecule has 3 aromatic carbocycles. The highest BCUT2D eigenvalue weighted by Crippen LogP contribution is 2.33. The number of halogens is 4. The fourth-order valence-corrected chi connectivity index (χ4v) is 4.16. The zero-order valence-corrected chi connectivity index (χ0v) is 20.3. The van der Waals surface area contributed by atoms with Crippen LogP contribution >= 0.6 is 34.8 Å². The second-order valence-corrected chi connectivity index (χ2v) is 8.73. The van der Waals surface area contributed by atoms with E-state index in [1.165, 1.54) is 43.5 Å². The van der Waals surface area contributed by atoms with Gasteiger partial charge in [0.15, 0.2) is 0 Å². The number of nitrogens with one attached hydrogen (secondary N) is 1. The van der Waals surface area contributed by atoms with Crippen LogP contribution in [-0.2, 0) is 16.0 Å². The Labute approximate surface area is 214 Å². The van der Waals surface area contributed by atoms with Gasteiger partial charge in [0, 0.05) is 17.0 Å². The molecule has 4 rings (SSSR count). The van der Waals surface area contributed by atoms with Crippen molar-refractivity contribution >= 4 is 64.4 Å². The molecule has 0 spiro atoms. The summed E-state index contributed by atoms with van der Waals surface area (Å²) >= 11 is 18.4. The highest BCUT2D eigenvalue weighted by atomic mass is 35.5. The average molecular weight is 534 g/mol. The molecule has 35 heavy (non-hydrogen) atoms. The second-order valence-electron chi connectivity index (χ2n) is 7.51. The van der Waals surface area contributed by atoms with Gasteiger partial charge < -0.3 is 4.74 Å². The minimum atomic E-state index is -0.925. The molecule has 0 saturated carbocycles. The first kappa shape index (κ1) is 24.7. The second kappa shape index (κ2) is 10.1. The van der Waals surface area contributed by atoms with E-state index in [4.69, 9.17) is 39.5 Å². The van der Waals surface area contributed by atoms with Gasteiger partial charge in [0.05, 0.1) is 22.8 Å². The van der Waals surface area contributed by atoms with Crippen molar-refractivity contribution in [3.8, 4) is 5.75 Å². The number of ether oxygens (including phenoxy) is 1. The predicted molar refractivity (Wildman–Crippen MR) is 133 cm³/mol. The smallest absolute Gasteiger partial charge is 0.335 e. The Morgan fingerprint density at radius 1 is 0.971 bits per heavy atom. The number of urea groups is 1. The fraction of sp³-hybridized carbons (Fsp3) is 0.0800. The number of nitrogens with zero attached hydrogens (tertiary/aromatic N) is 1. The Hall–Kier alpha value is -3.39. The third-order valence-electron chi connectivity index (χ3n) is 5.30. The van der Waals surface area contributed by atoms with Crippen LogP contribution in [0.5, 0.6) is 5.75 Å². The van der Waals surface area contributed by atoms with Crippen molar-refractivity contribution in [2.24, 2.45) is 0 Å². The number of rotatable bonds is 5. The Balaban J connectivity index is 1.72. The van der Waals surface area contributed by atoms with Crippen molar-refractivity contribution in [1.82, 2.24) is 5.32 Å². The number of imide groups is 2. The van der Waals surface area contributed by atoms with E-state index in [-0.39, 0.29) is 38.6 Å². The number of carbonyl (C=O) groups excluding carboxylic acids is 3. The number of anilines is 1. The first-order valence-corrected chi connectivity index (χ1v) is 11.3. The van der Waals surface area contributed by atoms with Crippen LogP contribution < -0.4 is 15.0 Å². The van der Waals surface area contributed by atoms with Gasteiger partial charge in [-0.05, 0) is 53.6 Å². The van der Waals surface area contributed by atoms with Gasteiger partial charge in [-0.3, -0.25) is 14.9 Å². The number of hydrogen-bond acceptors (Lipinski definition) is 4. The van der Waals surface area contributed by atoms with Crippen LogP contribution in [0.2, 0.25) is 15.1 Å². The Kier molecular flexibility index (Phi) is 7.12. The Morgan fingerprint density at radius 2 is 1.71 bits per heavy atom. The minimum Gasteiger partial charge on any atom is -0.496 e. The van der Waals surface area contributed by atoms with E-state index in [9.17, 15) is 18.8 Å². The molecule has 6 nitrogen and oxygen atoms in total. The van der Waals surface area contributed by atoms with Crippen molar-refractivity contribution < 1.29 is 23.5 Å². The third kappa shape index (κ3) is 5.03. The lowest BCUT2D eigenvalue weighted by molar-refractivity contribution is -0.122. The molecule has 1 fully saturated rings. The Bertz CT molecular complexity index is 1410. The highest BCUT2D eigenvalue weighted by Gasteiger charge is 2.37. The fourth-order valence-electron chi connectivity index (χ4n) is 3.58. The summed E-state index contributed by atoms with van der Waals surface area (Å²) < 4.78 is 19.6. The lowest BCUT2D eigenvalue weighted by Gasteiger charge is -2.26. The van der Waals surface area contributed by atoms with Crippen LogP contribution in [0.15, 0.2) is 60.2 Å². The predicted octanol–water partition coefficient (Wildman–Crippen LogP) is 6.05. The summed E-state index contributed by atoms with van der Waals surface area (Å²) in [6.45, 7) is 0. The van der Waals surface area contributed by atoms with E-state index in [0.29, 0.717) is 22.4 Å². The average Bonchev–Trinajstić information content (AvgIpc) is 2.81. The first-order chi connectivity index (χ1) is 16.7. The minimum absolute atomic E-state index is 0.133. The molecule has 178 valence electrons. The van der Waals surface area contributed by atoms with Gasteiger partial charge in [0.25, 0.3) is 11.8 Å². The molecule has 1 N–H and O–H groups in total. The molecule has 3 aromatic rings. The maximum atomic E-state index is 14.1. The van der Waals surface area contributed by atoms with E-state index in [1.54, 1.807) is 24.3 Å². The summed E-state index contributed by atoms with van der Waals surface area (Å²) in [5.41, 5.74) is 1.16. The van der Waals surface area contributed by atoms with E-state index in [2.05, 4.69) is 5.32 Å². The van der Waals surface area contributed by atoms with Crippen LogP contribution in [0.4, 0.5) is 14.9 Å². The number of carbonyl (C=O) groups is 3.